The number of halogens is 4. The fourth-order valence-corrected chi connectivity index (χ4v) is 4.53. The van der Waals surface area contributed by atoms with Gasteiger partial charge in [-0.05, 0) is 62.6 Å². The van der Waals surface area contributed by atoms with Gasteiger partial charge in [0, 0.05) is 23.1 Å². The molecule has 1 N–H and O–H groups in total. The van der Waals surface area contributed by atoms with Crippen LogP contribution < -0.4 is 4.74 Å². The van der Waals surface area contributed by atoms with E-state index in [2.05, 4.69) is 45.1 Å². The summed E-state index contributed by atoms with van der Waals surface area (Å²) in [5.41, 5.74) is 0. The summed E-state index contributed by atoms with van der Waals surface area (Å²) in [6.07, 6.45) is 4.86. The van der Waals surface area contributed by atoms with Gasteiger partial charge in [0.05, 0.1) is 0 Å². The Morgan fingerprint density at radius 3 is 2.29 bits per heavy atom. The van der Waals surface area contributed by atoms with Crippen LogP contribution in [-0.2, 0) is 4.79 Å². The number of piperidine rings is 2. The summed E-state index contributed by atoms with van der Waals surface area (Å²) >= 11 is 3.53. The molecular formula is C20H25BrF3NO3. The third kappa shape index (κ3) is 6.11. The van der Waals surface area contributed by atoms with E-state index < -0.39 is 12.1 Å². The number of alkyl halides is 3. The van der Waals surface area contributed by atoms with Crippen LogP contribution in [0.2, 0.25) is 0 Å². The van der Waals surface area contributed by atoms with Gasteiger partial charge in [0.1, 0.15) is 11.9 Å². The maximum atomic E-state index is 10.6. The Hall–Kier alpha value is -1.28. The molecule has 1 aromatic rings. The highest BCUT2D eigenvalue weighted by Crippen LogP contribution is 2.39. The second kappa shape index (κ2) is 9.03. The Morgan fingerprint density at radius 1 is 1.18 bits per heavy atom. The number of carboxylic acid groups (broad SMARTS) is 1. The van der Waals surface area contributed by atoms with Gasteiger partial charge in [0.2, 0.25) is 0 Å². The minimum absolute atomic E-state index is 0.407. The zero-order valence-corrected chi connectivity index (χ0v) is 17.1. The van der Waals surface area contributed by atoms with Crippen LogP contribution in [0.3, 0.4) is 0 Å². The highest BCUT2D eigenvalue weighted by atomic mass is 79.9. The van der Waals surface area contributed by atoms with Gasteiger partial charge in [-0.3, -0.25) is 4.90 Å². The van der Waals surface area contributed by atoms with E-state index in [1.807, 2.05) is 0 Å². The van der Waals surface area contributed by atoms with Crippen molar-refractivity contribution in [3.05, 3.63) is 28.7 Å². The molecule has 3 atom stereocenters. The largest absolute Gasteiger partial charge is 0.490 e. The summed E-state index contributed by atoms with van der Waals surface area (Å²) < 4.78 is 39.1. The molecule has 2 saturated heterocycles. The van der Waals surface area contributed by atoms with Gasteiger partial charge in [0.15, 0.2) is 0 Å². The highest BCUT2D eigenvalue weighted by molar-refractivity contribution is 9.10. The Labute approximate surface area is 171 Å². The van der Waals surface area contributed by atoms with E-state index >= 15 is 0 Å². The van der Waals surface area contributed by atoms with Gasteiger partial charge in [-0.25, -0.2) is 4.79 Å². The maximum absolute atomic E-state index is 10.6. The smallest absolute Gasteiger partial charge is 0.490 e. The molecule has 8 heteroatoms. The average Bonchev–Trinajstić information content (AvgIpc) is 3.39. The molecule has 0 spiro atoms. The zero-order valence-electron chi connectivity index (χ0n) is 15.5. The molecule has 0 radical (unpaired) electrons. The third-order valence-corrected chi connectivity index (χ3v) is 6.08. The lowest BCUT2D eigenvalue weighted by Gasteiger charge is -2.48. The number of rotatable bonds is 4. The van der Waals surface area contributed by atoms with E-state index in [-0.39, 0.29) is 0 Å². The molecule has 4 rings (SSSR count). The molecule has 1 aliphatic carbocycles. The van der Waals surface area contributed by atoms with Crippen molar-refractivity contribution in [1.29, 1.82) is 0 Å². The van der Waals surface area contributed by atoms with Gasteiger partial charge in [-0.1, -0.05) is 28.4 Å². The first kappa shape index (κ1) is 21.4. The molecule has 2 heterocycles. The second-order valence-electron chi connectivity index (χ2n) is 7.85. The van der Waals surface area contributed by atoms with Crippen molar-refractivity contribution in [3.63, 3.8) is 0 Å². The minimum atomic E-state index is -5.08. The molecule has 3 fully saturated rings. The van der Waals surface area contributed by atoms with Crippen LogP contribution >= 0.6 is 15.9 Å². The first-order valence-electron chi connectivity index (χ1n) is 9.70. The van der Waals surface area contributed by atoms with Crippen LogP contribution in [0.15, 0.2) is 28.7 Å². The molecule has 1 saturated carbocycles. The van der Waals surface area contributed by atoms with Crippen molar-refractivity contribution in [2.24, 2.45) is 5.92 Å². The SMILES string of the molecule is Brc1cccc(OC2C[C@H]3CCC[C@@H](C2)N3CC2CC2)c1.O=C(O)C(F)(F)F. The van der Waals surface area contributed by atoms with Crippen molar-refractivity contribution in [1.82, 2.24) is 4.90 Å². The molecule has 3 aliphatic rings. The number of carbonyl (C=O) groups is 1. The van der Waals surface area contributed by atoms with Crippen molar-refractivity contribution in [3.8, 4) is 5.75 Å². The van der Waals surface area contributed by atoms with Crippen LogP contribution in [0.5, 0.6) is 5.75 Å². The number of hydrogen-bond donors (Lipinski definition) is 1. The second-order valence-corrected chi connectivity index (χ2v) is 8.77. The van der Waals surface area contributed by atoms with Gasteiger partial charge >= 0.3 is 12.1 Å². The Bertz CT molecular complexity index is 667. The number of nitrogens with zero attached hydrogens (tertiary/aromatic N) is 1. The summed E-state index contributed by atoms with van der Waals surface area (Å²) in [5, 5.41) is 7.12. The lowest BCUT2D eigenvalue weighted by atomic mass is 9.82. The van der Waals surface area contributed by atoms with Crippen molar-refractivity contribution in [2.45, 2.75) is 69.3 Å². The number of hydrogen-bond acceptors (Lipinski definition) is 3. The number of benzene rings is 1. The standard InChI is InChI=1S/C18H24BrNO.C2HF3O2/c19-14-3-1-6-17(9-14)21-18-10-15-4-2-5-16(11-18)20(15)12-13-7-8-13;3-2(4,5)1(6)7/h1,3,6,9,13,15-16,18H,2,4-5,7-8,10-12H2;(H,6,7)/t15-,16+,18?;. The molecule has 2 bridgehead atoms. The lowest BCUT2D eigenvalue weighted by molar-refractivity contribution is -0.192. The molecule has 0 aromatic heterocycles. The zero-order chi connectivity index (χ0) is 20.3. The molecule has 1 unspecified atom stereocenters. The van der Waals surface area contributed by atoms with E-state index in [0.29, 0.717) is 6.10 Å². The Morgan fingerprint density at radius 2 is 1.79 bits per heavy atom. The predicted molar refractivity (Wildman–Crippen MR) is 102 cm³/mol. The molecule has 1 aromatic carbocycles. The summed E-state index contributed by atoms with van der Waals surface area (Å²) in [4.78, 5) is 11.7. The molecular weight excluding hydrogens is 439 g/mol. The van der Waals surface area contributed by atoms with E-state index in [1.54, 1.807) is 0 Å². The molecule has 0 amide bonds. The first-order valence-corrected chi connectivity index (χ1v) is 10.5. The summed E-state index contributed by atoms with van der Waals surface area (Å²) in [6.45, 7) is 1.36. The number of carboxylic acids is 1. The van der Waals surface area contributed by atoms with E-state index in [9.17, 15) is 13.2 Å². The normalized spacial score (nSPS) is 27.5. The number of fused-ring (bicyclic) bond motifs is 2. The maximum Gasteiger partial charge on any atom is 0.490 e. The van der Waals surface area contributed by atoms with Gasteiger partial charge in [-0.15, -0.1) is 0 Å². The van der Waals surface area contributed by atoms with Crippen molar-refractivity contribution >= 4 is 21.9 Å². The third-order valence-electron chi connectivity index (χ3n) is 5.59. The minimum Gasteiger partial charge on any atom is -0.490 e. The van der Waals surface area contributed by atoms with Gasteiger partial charge in [-0.2, -0.15) is 13.2 Å². The summed E-state index contributed by atoms with van der Waals surface area (Å²) in [5.74, 6) is -0.730. The fourth-order valence-electron chi connectivity index (χ4n) is 4.15. The van der Waals surface area contributed by atoms with Crippen LogP contribution in [-0.4, -0.2) is 46.9 Å². The van der Waals surface area contributed by atoms with Crippen LogP contribution in [0.4, 0.5) is 13.2 Å². The van der Waals surface area contributed by atoms with Crippen LogP contribution in [0.1, 0.15) is 44.9 Å². The molecule has 156 valence electrons. The Kier molecular flexibility index (Phi) is 6.91. The highest BCUT2D eigenvalue weighted by Gasteiger charge is 2.41. The summed E-state index contributed by atoms with van der Waals surface area (Å²) in [6, 6.07) is 9.83. The van der Waals surface area contributed by atoms with E-state index in [1.165, 1.54) is 51.5 Å². The van der Waals surface area contributed by atoms with Crippen LogP contribution in [0, 0.1) is 5.92 Å². The number of aliphatic carboxylic acids is 1. The van der Waals surface area contributed by atoms with Crippen molar-refractivity contribution < 1.29 is 27.8 Å². The van der Waals surface area contributed by atoms with E-state index in [0.717, 1.165) is 28.2 Å². The van der Waals surface area contributed by atoms with Gasteiger partial charge in [0.25, 0.3) is 0 Å². The lowest BCUT2D eigenvalue weighted by Crippen LogP contribution is -2.55. The topological polar surface area (TPSA) is 49.8 Å². The predicted octanol–water partition coefficient (Wildman–Crippen LogP) is 5.26. The number of ether oxygens (including phenoxy) is 1. The molecule has 2 aliphatic heterocycles. The monoisotopic (exact) mass is 463 g/mol. The summed E-state index contributed by atoms with van der Waals surface area (Å²) in [7, 11) is 0. The van der Waals surface area contributed by atoms with E-state index in [4.69, 9.17) is 14.6 Å². The Balaban J connectivity index is 0.000000279. The molecule has 4 nitrogen and oxygen atoms in total. The first-order chi connectivity index (χ1) is 13.2. The fraction of sp³-hybridized carbons (Fsp3) is 0.650. The molecule has 28 heavy (non-hydrogen) atoms. The van der Waals surface area contributed by atoms with Crippen LogP contribution in [0.25, 0.3) is 0 Å². The van der Waals surface area contributed by atoms with Gasteiger partial charge < -0.3 is 9.84 Å². The average molecular weight is 464 g/mol. The quantitative estimate of drug-likeness (QED) is 0.661. The van der Waals surface area contributed by atoms with Crippen molar-refractivity contribution in [2.75, 3.05) is 6.54 Å².